The van der Waals surface area contributed by atoms with Crippen molar-refractivity contribution in [1.82, 2.24) is 5.32 Å². The number of fused-ring (bicyclic) bond motifs is 1. The summed E-state index contributed by atoms with van der Waals surface area (Å²) < 4.78 is 18.5. The fourth-order valence-electron chi connectivity index (χ4n) is 2.46. The van der Waals surface area contributed by atoms with Crippen LogP contribution >= 0.6 is 11.6 Å². The molecule has 0 saturated heterocycles. The molecule has 2 aromatic carbocycles. The van der Waals surface area contributed by atoms with Crippen LogP contribution in [0.25, 0.3) is 11.0 Å². The number of carbonyl (C=O) groups is 1. The van der Waals surface area contributed by atoms with Crippen LogP contribution in [0.15, 0.2) is 46.9 Å². The normalized spacial score (nSPS) is 10.9. The van der Waals surface area contributed by atoms with Crippen LogP contribution in [-0.2, 0) is 6.42 Å². The smallest absolute Gasteiger partial charge is 0.287 e. The molecular formula is C18H15ClFNO2. The average molecular weight is 332 g/mol. The Kier molecular flexibility index (Phi) is 4.35. The zero-order valence-electron chi connectivity index (χ0n) is 12.5. The summed E-state index contributed by atoms with van der Waals surface area (Å²) in [5.74, 6) is -0.243. The molecule has 0 saturated carbocycles. The van der Waals surface area contributed by atoms with Gasteiger partial charge in [-0.2, -0.15) is 0 Å². The number of amides is 1. The third kappa shape index (κ3) is 3.37. The maximum Gasteiger partial charge on any atom is 0.287 e. The van der Waals surface area contributed by atoms with Gasteiger partial charge in [-0.3, -0.25) is 4.79 Å². The van der Waals surface area contributed by atoms with Crippen molar-refractivity contribution >= 4 is 28.5 Å². The van der Waals surface area contributed by atoms with E-state index in [1.54, 1.807) is 30.3 Å². The van der Waals surface area contributed by atoms with Crippen molar-refractivity contribution in [3.63, 3.8) is 0 Å². The second-order valence-corrected chi connectivity index (χ2v) is 5.77. The maximum absolute atomic E-state index is 12.8. The predicted molar refractivity (Wildman–Crippen MR) is 88.4 cm³/mol. The summed E-state index contributed by atoms with van der Waals surface area (Å²) in [5.41, 5.74) is 2.36. The Balaban J connectivity index is 1.68. The van der Waals surface area contributed by atoms with Crippen LogP contribution < -0.4 is 5.32 Å². The fourth-order valence-corrected chi connectivity index (χ4v) is 2.63. The van der Waals surface area contributed by atoms with E-state index in [4.69, 9.17) is 16.0 Å². The molecule has 1 N–H and O–H groups in total. The number of aryl methyl sites for hydroxylation is 1. The Bertz CT molecular complexity index is 855. The van der Waals surface area contributed by atoms with Crippen molar-refractivity contribution in [3.05, 3.63) is 70.2 Å². The quantitative estimate of drug-likeness (QED) is 0.764. The molecule has 0 fully saturated rings. The lowest BCUT2D eigenvalue weighted by molar-refractivity contribution is 0.0928. The summed E-state index contributed by atoms with van der Waals surface area (Å²) in [7, 11) is 0. The number of halogens is 2. The lowest BCUT2D eigenvalue weighted by atomic mass is 10.1. The Morgan fingerprint density at radius 2 is 1.96 bits per heavy atom. The molecule has 5 heteroatoms. The van der Waals surface area contributed by atoms with Crippen LogP contribution in [0, 0.1) is 12.7 Å². The molecule has 1 amide bonds. The highest BCUT2D eigenvalue weighted by Crippen LogP contribution is 2.27. The summed E-state index contributed by atoms with van der Waals surface area (Å²) in [6.45, 7) is 2.28. The zero-order chi connectivity index (χ0) is 16.4. The molecule has 3 rings (SSSR count). The number of hydrogen-bond donors (Lipinski definition) is 1. The molecule has 0 unspecified atom stereocenters. The van der Waals surface area contributed by atoms with E-state index in [0.717, 1.165) is 16.5 Å². The van der Waals surface area contributed by atoms with Crippen molar-refractivity contribution in [2.24, 2.45) is 0 Å². The molecule has 0 aliphatic heterocycles. The first-order valence-corrected chi connectivity index (χ1v) is 7.63. The Morgan fingerprint density at radius 1 is 1.22 bits per heavy atom. The van der Waals surface area contributed by atoms with Gasteiger partial charge in [-0.15, -0.1) is 0 Å². The largest absolute Gasteiger partial charge is 0.451 e. The number of hydrogen-bond acceptors (Lipinski definition) is 2. The van der Waals surface area contributed by atoms with E-state index in [2.05, 4.69) is 5.32 Å². The van der Waals surface area contributed by atoms with E-state index in [0.29, 0.717) is 29.3 Å². The number of carbonyl (C=O) groups excluding carboxylic acids is 1. The molecule has 0 atom stereocenters. The molecule has 23 heavy (non-hydrogen) atoms. The number of benzene rings is 2. The SMILES string of the molecule is Cc1c(C(=O)NCCc2ccc(F)cc2)oc2ccc(Cl)cc12. The van der Waals surface area contributed by atoms with Gasteiger partial charge in [0.1, 0.15) is 11.4 Å². The van der Waals surface area contributed by atoms with Crippen molar-refractivity contribution in [2.75, 3.05) is 6.54 Å². The van der Waals surface area contributed by atoms with Crippen LogP contribution in [-0.4, -0.2) is 12.5 Å². The highest BCUT2D eigenvalue weighted by molar-refractivity contribution is 6.31. The monoisotopic (exact) mass is 331 g/mol. The van der Waals surface area contributed by atoms with Gasteiger partial charge in [0.2, 0.25) is 0 Å². The topological polar surface area (TPSA) is 42.2 Å². The molecule has 0 radical (unpaired) electrons. The van der Waals surface area contributed by atoms with E-state index in [9.17, 15) is 9.18 Å². The second kappa shape index (κ2) is 6.42. The molecule has 3 nitrogen and oxygen atoms in total. The first-order valence-electron chi connectivity index (χ1n) is 7.26. The molecule has 0 bridgehead atoms. The minimum atomic E-state index is -0.269. The Morgan fingerprint density at radius 3 is 2.70 bits per heavy atom. The van der Waals surface area contributed by atoms with Crippen molar-refractivity contribution in [1.29, 1.82) is 0 Å². The number of furan rings is 1. The average Bonchev–Trinajstić information content (AvgIpc) is 2.86. The van der Waals surface area contributed by atoms with Crippen LogP contribution in [0.2, 0.25) is 5.02 Å². The minimum Gasteiger partial charge on any atom is -0.451 e. The van der Waals surface area contributed by atoms with Crippen LogP contribution in [0.5, 0.6) is 0 Å². The van der Waals surface area contributed by atoms with E-state index >= 15 is 0 Å². The van der Waals surface area contributed by atoms with E-state index < -0.39 is 0 Å². The van der Waals surface area contributed by atoms with Gasteiger partial charge in [-0.05, 0) is 49.2 Å². The highest BCUT2D eigenvalue weighted by Gasteiger charge is 2.17. The third-order valence-electron chi connectivity index (χ3n) is 3.72. The lowest BCUT2D eigenvalue weighted by Crippen LogP contribution is -2.25. The van der Waals surface area contributed by atoms with Crippen molar-refractivity contribution in [3.8, 4) is 0 Å². The Hall–Kier alpha value is -2.33. The number of rotatable bonds is 4. The molecule has 0 aliphatic carbocycles. The third-order valence-corrected chi connectivity index (χ3v) is 3.95. The van der Waals surface area contributed by atoms with Gasteiger partial charge in [-0.1, -0.05) is 23.7 Å². The van der Waals surface area contributed by atoms with Crippen LogP contribution in [0.4, 0.5) is 4.39 Å². The van der Waals surface area contributed by atoms with Crippen LogP contribution in [0.3, 0.4) is 0 Å². The molecule has 1 heterocycles. The van der Waals surface area contributed by atoms with Gasteiger partial charge in [0.05, 0.1) is 0 Å². The summed E-state index contributed by atoms with van der Waals surface area (Å²) in [6.07, 6.45) is 0.622. The van der Waals surface area contributed by atoms with Gasteiger partial charge >= 0.3 is 0 Å². The van der Waals surface area contributed by atoms with Gasteiger partial charge in [-0.25, -0.2) is 4.39 Å². The first kappa shape index (κ1) is 15.6. The highest BCUT2D eigenvalue weighted by atomic mass is 35.5. The summed E-state index contributed by atoms with van der Waals surface area (Å²) >= 11 is 5.97. The molecule has 118 valence electrons. The standard InChI is InChI=1S/C18H15ClFNO2/c1-11-15-10-13(19)4-7-16(15)23-17(11)18(22)21-9-8-12-2-5-14(20)6-3-12/h2-7,10H,8-9H2,1H3,(H,21,22). The molecule has 0 spiro atoms. The van der Waals surface area contributed by atoms with E-state index in [1.807, 2.05) is 6.92 Å². The minimum absolute atomic E-state index is 0.267. The van der Waals surface area contributed by atoms with Gasteiger partial charge in [0.25, 0.3) is 5.91 Å². The van der Waals surface area contributed by atoms with Gasteiger partial charge in [0, 0.05) is 22.5 Å². The van der Waals surface area contributed by atoms with E-state index in [-0.39, 0.29) is 11.7 Å². The second-order valence-electron chi connectivity index (χ2n) is 5.33. The molecule has 1 aromatic heterocycles. The molecule has 3 aromatic rings. The zero-order valence-corrected chi connectivity index (χ0v) is 13.3. The lowest BCUT2D eigenvalue weighted by Gasteiger charge is -2.04. The van der Waals surface area contributed by atoms with Crippen molar-refractivity contribution < 1.29 is 13.6 Å². The summed E-state index contributed by atoms with van der Waals surface area (Å²) in [5, 5.41) is 4.26. The van der Waals surface area contributed by atoms with Gasteiger partial charge < -0.3 is 9.73 Å². The molecule has 0 aliphatic rings. The maximum atomic E-state index is 12.8. The molecular weight excluding hydrogens is 317 g/mol. The summed E-state index contributed by atoms with van der Waals surface area (Å²) in [4.78, 5) is 12.3. The first-order chi connectivity index (χ1) is 11.0. The number of nitrogens with one attached hydrogen (secondary N) is 1. The van der Waals surface area contributed by atoms with Gasteiger partial charge in [0.15, 0.2) is 5.76 Å². The predicted octanol–water partition coefficient (Wildman–Crippen LogP) is 4.51. The van der Waals surface area contributed by atoms with Crippen molar-refractivity contribution in [2.45, 2.75) is 13.3 Å². The van der Waals surface area contributed by atoms with Crippen LogP contribution in [0.1, 0.15) is 21.7 Å². The Labute approximate surface area is 138 Å². The van der Waals surface area contributed by atoms with E-state index in [1.165, 1.54) is 12.1 Å². The summed E-state index contributed by atoms with van der Waals surface area (Å²) in [6, 6.07) is 11.5. The fraction of sp³-hybridized carbons (Fsp3) is 0.167.